The number of piperazine rings is 1. The fraction of sp³-hybridized carbons (Fsp3) is 0.647. The maximum absolute atomic E-state index is 12.4. The fourth-order valence-corrected chi connectivity index (χ4v) is 3.48. The molecule has 1 aromatic rings. The largest absolute Gasteiger partial charge is 0.446 e. The lowest BCUT2D eigenvalue weighted by Gasteiger charge is -2.35. The number of alkyl halides is 3. The minimum Gasteiger partial charge on any atom is -0.314 e. The topological polar surface area (TPSA) is 15.3 Å². The van der Waals surface area contributed by atoms with Gasteiger partial charge in [-0.2, -0.15) is 13.2 Å². The van der Waals surface area contributed by atoms with Gasteiger partial charge in [-0.05, 0) is 48.2 Å². The van der Waals surface area contributed by atoms with E-state index in [1.165, 1.54) is 0 Å². The van der Waals surface area contributed by atoms with E-state index < -0.39 is 5.51 Å². The van der Waals surface area contributed by atoms with Gasteiger partial charge in [-0.25, -0.2) is 0 Å². The summed E-state index contributed by atoms with van der Waals surface area (Å²) in [5.74, 6) is 0.625. The van der Waals surface area contributed by atoms with Crippen molar-refractivity contribution in [1.82, 2.24) is 10.2 Å². The summed E-state index contributed by atoms with van der Waals surface area (Å²) < 4.78 is 37.3. The fourth-order valence-electron chi connectivity index (χ4n) is 2.94. The Kier molecular flexibility index (Phi) is 6.80. The second-order valence-corrected chi connectivity index (χ2v) is 7.53. The molecule has 1 aromatic carbocycles. The molecule has 1 aliphatic rings. The second kappa shape index (κ2) is 8.40. The standard InChI is InChI=1S/C17H25F3N2S/c1-13(2)3-8-16(22-11-9-21-10-12-22)14-4-6-15(7-5-14)23-17(18,19)20/h4-7,13,16,21H,3,8-12H2,1-2H3/t16-/m0/s1. The van der Waals surface area contributed by atoms with E-state index in [0.29, 0.717) is 12.0 Å². The molecule has 0 spiro atoms. The van der Waals surface area contributed by atoms with Crippen LogP contribution in [0.1, 0.15) is 38.3 Å². The summed E-state index contributed by atoms with van der Waals surface area (Å²) in [6.45, 7) is 8.33. The maximum Gasteiger partial charge on any atom is 0.446 e. The zero-order chi connectivity index (χ0) is 16.9. The summed E-state index contributed by atoms with van der Waals surface area (Å²) >= 11 is -0.0486. The Morgan fingerprint density at radius 1 is 1.09 bits per heavy atom. The van der Waals surface area contributed by atoms with Crippen LogP contribution in [0.2, 0.25) is 0 Å². The third-order valence-corrected chi connectivity index (χ3v) is 4.85. The summed E-state index contributed by atoms with van der Waals surface area (Å²) in [6.07, 6.45) is 2.16. The molecule has 1 fully saturated rings. The van der Waals surface area contributed by atoms with E-state index >= 15 is 0 Å². The van der Waals surface area contributed by atoms with Crippen molar-refractivity contribution in [2.24, 2.45) is 5.92 Å². The molecule has 1 atom stereocenters. The number of rotatable bonds is 6. The lowest BCUT2D eigenvalue weighted by molar-refractivity contribution is -0.0328. The molecule has 23 heavy (non-hydrogen) atoms. The van der Waals surface area contributed by atoms with Crippen molar-refractivity contribution in [3.8, 4) is 0 Å². The second-order valence-electron chi connectivity index (χ2n) is 6.39. The predicted molar refractivity (Wildman–Crippen MR) is 89.6 cm³/mol. The van der Waals surface area contributed by atoms with E-state index in [9.17, 15) is 13.2 Å². The first-order valence-electron chi connectivity index (χ1n) is 8.15. The number of thioether (sulfide) groups is 1. The van der Waals surface area contributed by atoms with Gasteiger partial charge in [0.25, 0.3) is 0 Å². The van der Waals surface area contributed by atoms with Crippen LogP contribution in [0.15, 0.2) is 29.2 Å². The molecular weight excluding hydrogens is 321 g/mol. The van der Waals surface area contributed by atoms with Gasteiger partial charge in [0.15, 0.2) is 0 Å². The molecule has 130 valence electrons. The number of nitrogens with zero attached hydrogens (tertiary/aromatic N) is 1. The highest BCUT2D eigenvalue weighted by Gasteiger charge is 2.29. The van der Waals surface area contributed by atoms with Crippen LogP contribution >= 0.6 is 11.8 Å². The Labute approximate surface area is 140 Å². The van der Waals surface area contributed by atoms with Gasteiger partial charge < -0.3 is 5.32 Å². The van der Waals surface area contributed by atoms with Gasteiger partial charge in [0, 0.05) is 37.1 Å². The summed E-state index contributed by atoms with van der Waals surface area (Å²) in [5, 5.41) is 3.35. The summed E-state index contributed by atoms with van der Waals surface area (Å²) in [6, 6.07) is 7.21. The van der Waals surface area contributed by atoms with E-state index in [0.717, 1.165) is 44.6 Å². The third-order valence-electron chi connectivity index (χ3n) is 4.11. The van der Waals surface area contributed by atoms with Crippen molar-refractivity contribution in [3.63, 3.8) is 0 Å². The highest BCUT2D eigenvalue weighted by Crippen LogP contribution is 2.37. The van der Waals surface area contributed by atoms with Gasteiger partial charge in [-0.3, -0.25) is 4.90 Å². The van der Waals surface area contributed by atoms with Gasteiger partial charge >= 0.3 is 5.51 Å². The molecule has 0 bridgehead atoms. The van der Waals surface area contributed by atoms with Crippen molar-refractivity contribution in [3.05, 3.63) is 29.8 Å². The van der Waals surface area contributed by atoms with Gasteiger partial charge in [0.05, 0.1) is 0 Å². The SMILES string of the molecule is CC(C)CC[C@@H](c1ccc(SC(F)(F)F)cc1)N1CCNCC1. The number of hydrogen-bond acceptors (Lipinski definition) is 3. The Bertz CT molecular complexity index is 468. The zero-order valence-corrected chi connectivity index (χ0v) is 14.5. The molecule has 0 aromatic heterocycles. The first-order chi connectivity index (χ1) is 10.8. The molecule has 1 aliphatic heterocycles. The quantitative estimate of drug-likeness (QED) is 0.753. The molecule has 0 aliphatic carbocycles. The summed E-state index contributed by atoms with van der Waals surface area (Å²) in [4.78, 5) is 2.70. The minimum absolute atomic E-state index is 0.0486. The van der Waals surface area contributed by atoms with Crippen LogP contribution < -0.4 is 5.32 Å². The van der Waals surface area contributed by atoms with Crippen molar-refractivity contribution >= 4 is 11.8 Å². The Balaban J connectivity index is 2.10. The number of benzene rings is 1. The highest BCUT2D eigenvalue weighted by molar-refractivity contribution is 8.00. The number of nitrogens with one attached hydrogen (secondary N) is 1. The molecule has 0 radical (unpaired) electrons. The average Bonchev–Trinajstić information content (AvgIpc) is 2.48. The maximum atomic E-state index is 12.4. The molecule has 2 nitrogen and oxygen atoms in total. The van der Waals surface area contributed by atoms with Crippen molar-refractivity contribution in [2.45, 2.75) is 43.1 Å². The molecule has 1 heterocycles. The Morgan fingerprint density at radius 2 is 1.70 bits per heavy atom. The van der Waals surface area contributed by atoms with Crippen LogP contribution in [-0.4, -0.2) is 36.6 Å². The first-order valence-corrected chi connectivity index (χ1v) is 8.97. The van der Waals surface area contributed by atoms with Crippen LogP contribution in [0.4, 0.5) is 13.2 Å². The van der Waals surface area contributed by atoms with Crippen molar-refractivity contribution in [1.29, 1.82) is 0 Å². The van der Waals surface area contributed by atoms with Crippen LogP contribution in [0.25, 0.3) is 0 Å². The average molecular weight is 346 g/mol. The number of halogens is 3. The molecule has 2 rings (SSSR count). The van der Waals surface area contributed by atoms with Crippen molar-refractivity contribution < 1.29 is 13.2 Å². The molecule has 0 unspecified atom stereocenters. The Hall–Kier alpha value is -0.720. The van der Waals surface area contributed by atoms with E-state index in [-0.39, 0.29) is 16.7 Å². The van der Waals surface area contributed by atoms with Gasteiger partial charge in [0.2, 0.25) is 0 Å². The normalized spacial score (nSPS) is 18.3. The van der Waals surface area contributed by atoms with E-state index in [1.54, 1.807) is 12.1 Å². The van der Waals surface area contributed by atoms with E-state index in [1.807, 2.05) is 12.1 Å². The summed E-state index contributed by atoms with van der Waals surface area (Å²) in [5.41, 5.74) is -3.10. The minimum atomic E-state index is -4.23. The van der Waals surface area contributed by atoms with Crippen LogP contribution in [0.3, 0.4) is 0 Å². The molecular formula is C17H25F3N2S. The Morgan fingerprint density at radius 3 is 2.22 bits per heavy atom. The lowest BCUT2D eigenvalue weighted by atomic mass is 9.96. The molecule has 0 amide bonds. The van der Waals surface area contributed by atoms with Gasteiger partial charge in [-0.1, -0.05) is 26.0 Å². The number of hydrogen-bond donors (Lipinski definition) is 1. The molecule has 1 N–H and O–H groups in total. The van der Waals surface area contributed by atoms with Crippen LogP contribution in [-0.2, 0) is 0 Å². The molecule has 0 saturated carbocycles. The smallest absolute Gasteiger partial charge is 0.314 e. The highest BCUT2D eigenvalue weighted by atomic mass is 32.2. The molecule has 1 saturated heterocycles. The molecule has 6 heteroatoms. The predicted octanol–water partition coefficient (Wildman–Crippen LogP) is 4.68. The summed E-state index contributed by atoms with van der Waals surface area (Å²) in [7, 11) is 0. The zero-order valence-electron chi connectivity index (χ0n) is 13.7. The van der Waals surface area contributed by atoms with Crippen molar-refractivity contribution in [2.75, 3.05) is 26.2 Å². The first kappa shape index (κ1) is 18.6. The van der Waals surface area contributed by atoms with E-state index in [4.69, 9.17) is 0 Å². The van der Waals surface area contributed by atoms with Gasteiger partial charge in [-0.15, -0.1) is 0 Å². The van der Waals surface area contributed by atoms with E-state index in [2.05, 4.69) is 24.1 Å². The monoisotopic (exact) mass is 346 g/mol. The lowest BCUT2D eigenvalue weighted by Crippen LogP contribution is -2.45. The van der Waals surface area contributed by atoms with Crippen LogP contribution in [0.5, 0.6) is 0 Å². The van der Waals surface area contributed by atoms with Crippen LogP contribution in [0, 0.1) is 5.92 Å². The third kappa shape index (κ3) is 6.36. The van der Waals surface area contributed by atoms with Gasteiger partial charge in [0.1, 0.15) is 0 Å².